The second-order valence-electron chi connectivity index (χ2n) is 2.01. The number of ether oxygens (including phenoxy) is 1. The second kappa shape index (κ2) is 2.70. The van der Waals surface area contributed by atoms with Gasteiger partial charge in [0.05, 0.1) is 13.3 Å². The molecule has 10 heavy (non-hydrogen) atoms. The molecule has 0 saturated heterocycles. The van der Waals surface area contributed by atoms with Crippen LogP contribution in [0.25, 0.3) is 0 Å². The van der Waals surface area contributed by atoms with E-state index in [1.54, 1.807) is 18.0 Å². The van der Waals surface area contributed by atoms with Crippen LogP contribution < -0.4 is 10.5 Å². The van der Waals surface area contributed by atoms with Crippen molar-refractivity contribution in [1.82, 2.24) is 9.78 Å². The molecule has 0 saturated carbocycles. The number of aromatic nitrogens is 2. The molecular weight excluding hydrogens is 130 g/mol. The van der Waals surface area contributed by atoms with Crippen LogP contribution in [0.1, 0.15) is 5.56 Å². The summed E-state index contributed by atoms with van der Waals surface area (Å²) in [6.07, 6.45) is 1.71. The van der Waals surface area contributed by atoms with Gasteiger partial charge in [-0.2, -0.15) is 5.10 Å². The molecular formula is C6H11N3O. The molecule has 1 heterocycles. The maximum Gasteiger partial charge on any atom is 0.215 e. The Bertz CT molecular complexity index is 219. The second-order valence-corrected chi connectivity index (χ2v) is 2.01. The Morgan fingerprint density at radius 2 is 2.50 bits per heavy atom. The monoisotopic (exact) mass is 141 g/mol. The average molecular weight is 141 g/mol. The van der Waals surface area contributed by atoms with Crippen molar-refractivity contribution >= 4 is 0 Å². The molecule has 0 aromatic carbocycles. The fourth-order valence-corrected chi connectivity index (χ4v) is 0.875. The van der Waals surface area contributed by atoms with E-state index in [-0.39, 0.29) is 0 Å². The lowest BCUT2D eigenvalue weighted by atomic mass is 10.3. The summed E-state index contributed by atoms with van der Waals surface area (Å²) in [7, 11) is 3.42. The summed E-state index contributed by atoms with van der Waals surface area (Å²) in [5.41, 5.74) is 6.34. The zero-order valence-electron chi connectivity index (χ0n) is 6.16. The van der Waals surface area contributed by atoms with Crippen LogP contribution in [0.3, 0.4) is 0 Å². The van der Waals surface area contributed by atoms with E-state index < -0.39 is 0 Å². The van der Waals surface area contributed by atoms with Gasteiger partial charge in [-0.05, 0) is 0 Å². The Hall–Kier alpha value is -1.03. The minimum absolute atomic E-state index is 0.469. The van der Waals surface area contributed by atoms with Crippen molar-refractivity contribution in [3.63, 3.8) is 0 Å². The van der Waals surface area contributed by atoms with Crippen LogP contribution in [0.2, 0.25) is 0 Å². The first-order chi connectivity index (χ1) is 4.79. The average Bonchev–Trinajstić information content (AvgIpc) is 2.30. The van der Waals surface area contributed by atoms with Crippen LogP contribution in [-0.2, 0) is 13.6 Å². The van der Waals surface area contributed by atoms with Crippen LogP contribution in [-0.4, -0.2) is 16.9 Å². The van der Waals surface area contributed by atoms with Gasteiger partial charge in [-0.15, -0.1) is 0 Å². The lowest BCUT2D eigenvalue weighted by Crippen LogP contribution is -2.00. The van der Waals surface area contributed by atoms with Gasteiger partial charge in [0.2, 0.25) is 5.88 Å². The van der Waals surface area contributed by atoms with Crippen molar-refractivity contribution in [2.75, 3.05) is 7.11 Å². The fourth-order valence-electron chi connectivity index (χ4n) is 0.875. The summed E-state index contributed by atoms with van der Waals surface area (Å²) >= 11 is 0. The van der Waals surface area contributed by atoms with Gasteiger partial charge in [0, 0.05) is 19.2 Å². The number of methoxy groups -OCH3 is 1. The molecule has 0 amide bonds. The molecule has 1 rings (SSSR count). The summed E-state index contributed by atoms with van der Waals surface area (Å²) in [4.78, 5) is 0. The normalized spacial score (nSPS) is 9.90. The topological polar surface area (TPSA) is 53.1 Å². The molecule has 0 aliphatic carbocycles. The molecule has 2 N–H and O–H groups in total. The highest BCUT2D eigenvalue weighted by Gasteiger charge is 2.04. The summed E-state index contributed by atoms with van der Waals surface area (Å²) in [6.45, 7) is 0.469. The van der Waals surface area contributed by atoms with E-state index >= 15 is 0 Å². The number of aryl methyl sites for hydroxylation is 1. The highest BCUT2D eigenvalue weighted by atomic mass is 16.5. The van der Waals surface area contributed by atoms with Crippen molar-refractivity contribution in [2.24, 2.45) is 12.8 Å². The lowest BCUT2D eigenvalue weighted by Gasteiger charge is -2.00. The Morgan fingerprint density at radius 1 is 1.80 bits per heavy atom. The minimum Gasteiger partial charge on any atom is -0.481 e. The molecule has 0 aliphatic rings. The largest absolute Gasteiger partial charge is 0.481 e. The Labute approximate surface area is 59.6 Å². The molecule has 0 fully saturated rings. The smallest absolute Gasteiger partial charge is 0.215 e. The van der Waals surface area contributed by atoms with Crippen LogP contribution in [0.4, 0.5) is 0 Å². The standard InChI is InChI=1S/C6H11N3O/c1-9-6(10-2)5(3-7)4-8-9/h4H,3,7H2,1-2H3. The Morgan fingerprint density at radius 3 is 2.90 bits per heavy atom. The van der Waals surface area contributed by atoms with Gasteiger partial charge in [0.25, 0.3) is 0 Å². The number of nitrogens with two attached hydrogens (primary N) is 1. The lowest BCUT2D eigenvalue weighted by molar-refractivity contribution is 0.369. The first-order valence-corrected chi connectivity index (χ1v) is 3.04. The van der Waals surface area contributed by atoms with Gasteiger partial charge in [-0.1, -0.05) is 0 Å². The Kier molecular flexibility index (Phi) is 1.91. The quantitative estimate of drug-likeness (QED) is 0.625. The summed E-state index contributed by atoms with van der Waals surface area (Å²) < 4.78 is 6.68. The van der Waals surface area contributed by atoms with Crippen LogP contribution in [0.15, 0.2) is 6.20 Å². The van der Waals surface area contributed by atoms with E-state index in [9.17, 15) is 0 Å². The van der Waals surface area contributed by atoms with Gasteiger partial charge >= 0.3 is 0 Å². The molecule has 0 radical (unpaired) electrons. The van der Waals surface area contributed by atoms with Crippen molar-refractivity contribution < 1.29 is 4.74 Å². The van der Waals surface area contributed by atoms with Gasteiger partial charge in [0.1, 0.15) is 0 Å². The van der Waals surface area contributed by atoms with E-state index in [0.29, 0.717) is 6.54 Å². The third kappa shape index (κ3) is 0.974. The van der Waals surface area contributed by atoms with Gasteiger partial charge in [-0.25, -0.2) is 4.68 Å². The first kappa shape index (κ1) is 7.08. The molecule has 4 nitrogen and oxygen atoms in total. The highest BCUT2D eigenvalue weighted by molar-refractivity contribution is 5.23. The van der Waals surface area contributed by atoms with E-state index in [1.165, 1.54) is 0 Å². The van der Waals surface area contributed by atoms with Gasteiger partial charge in [0.15, 0.2) is 0 Å². The third-order valence-electron chi connectivity index (χ3n) is 1.37. The fraction of sp³-hybridized carbons (Fsp3) is 0.500. The van der Waals surface area contributed by atoms with Crippen molar-refractivity contribution in [1.29, 1.82) is 0 Å². The number of hydrogen-bond donors (Lipinski definition) is 1. The zero-order chi connectivity index (χ0) is 7.56. The van der Waals surface area contributed by atoms with Crippen LogP contribution in [0.5, 0.6) is 5.88 Å². The van der Waals surface area contributed by atoms with Gasteiger partial charge in [-0.3, -0.25) is 0 Å². The molecule has 0 atom stereocenters. The summed E-state index contributed by atoms with van der Waals surface area (Å²) in [5, 5.41) is 3.97. The molecule has 1 aromatic rings. The molecule has 0 aliphatic heterocycles. The first-order valence-electron chi connectivity index (χ1n) is 3.04. The summed E-state index contributed by atoms with van der Waals surface area (Å²) in [6, 6.07) is 0. The van der Waals surface area contributed by atoms with E-state index in [0.717, 1.165) is 11.4 Å². The summed E-state index contributed by atoms with van der Waals surface area (Å²) in [5.74, 6) is 0.738. The van der Waals surface area contributed by atoms with E-state index in [4.69, 9.17) is 10.5 Å². The molecule has 1 aromatic heterocycles. The molecule has 4 heteroatoms. The number of rotatable bonds is 2. The van der Waals surface area contributed by atoms with E-state index in [1.807, 2.05) is 7.05 Å². The van der Waals surface area contributed by atoms with Crippen LogP contribution in [0, 0.1) is 0 Å². The van der Waals surface area contributed by atoms with E-state index in [2.05, 4.69) is 5.10 Å². The molecule has 56 valence electrons. The maximum absolute atomic E-state index is 5.41. The van der Waals surface area contributed by atoms with Crippen molar-refractivity contribution in [3.05, 3.63) is 11.8 Å². The third-order valence-corrected chi connectivity index (χ3v) is 1.37. The predicted molar refractivity (Wildman–Crippen MR) is 37.7 cm³/mol. The van der Waals surface area contributed by atoms with Crippen molar-refractivity contribution in [3.8, 4) is 5.88 Å². The van der Waals surface area contributed by atoms with Crippen molar-refractivity contribution in [2.45, 2.75) is 6.54 Å². The highest BCUT2D eigenvalue weighted by Crippen LogP contribution is 2.14. The Balaban J connectivity index is 3.01. The van der Waals surface area contributed by atoms with Crippen LogP contribution >= 0.6 is 0 Å². The predicted octanol–water partition coefficient (Wildman–Crippen LogP) is -0.113. The zero-order valence-corrected chi connectivity index (χ0v) is 6.16. The molecule has 0 bridgehead atoms. The SMILES string of the molecule is COc1c(CN)cnn1C. The maximum atomic E-state index is 5.41. The molecule has 0 spiro atoms. The number of hydrogen-bond acceptors (Lipinski definition) is 3. The molecule has 0 unspecified atom stereocenters. The number of nitrogens with zero attached hydrogens (tertiary/aromatic N) is 2. The minimum atomic E-state index is 0.469. The van der Waals surface area contributed by atoms with Gasteiger partial charge < -0.3 is 10.5 Å².